The van der Waals surface area contributed by atoms with Crippen LogP contribution in [0.1, 0.15) is 0 Å². The SMILES string of the molecule is Nc1cc(=O)nc(SCC(=O)Nc2ccccc2Br)n1-c1ccc(Cl)cc1. The van der Waals surface area contributed by atoms with Gasteiger partial charge in [-0.3, -0.25) is 14.2 Å². The van der Waals surface area contributed by atoms with Gasteiger partial charge in [0.05, 0.1) is 11.4 Å². The van der Waals surface area contributed by atoms with E-state index >= 15 is 0 Å². The number of thioether (sulfide) groups is 1. The Kier molecular flexibility index (Phi) is 6.20. The Hall–Kier alpha value is -2.29. The van der Waals surface area contributed by atoms with Crippen molar-refractivity contribution in [2.75, 3.05) is 16.8 Å². The lowest BCUT2D eigenvalue weighted by atomic mass is 10.3. The zero-order valence-corrected chi connectivity index (χ0v) is 17.0. The summed E-state index contributed by atoms with van der Waals surface area (Å²) in [5.74, 6) is 0.0578. The van der Waals surface area contributed by atoms with Gasteiger partial charge in [0.25, 0.3) is 5.56 Å². The number of carbonyl (C=O) groups excluding carboxylic acids is 1. The maximum absolute atomic E-state index is 12.3. The van der Waals surface area contributed by atoms with Crippen molar-refractivity contribution < 1.29 is 4.79 Å². The molecule has 0 aliphatic carbocycles. The molecular weight excluding hydrogens is 452 g/mol. The van der Waals surface area contributed by atoms with Crippen LogP contribution in [0, 0.1) is 0 Å². The molecule has 1 heterocycles. The first-order valence-electron chi connectivity index (χ1n) is 7.77. The standard InChI is InChI=1S/C18H14BrClN4O2S/c19-13-3-1-2-4-14(13)22-17(26)10-27-18-23-16(25)9-15(21)24(18)12-7-5-11(20)6-8-12/h1-9H,10,21H2,(H,22,26). The molecule has 3 N–H and O–H groups in total. The number of benzene rings is 2. The van der Waals surface area contributed by atoms with Gasteiger partial charge in [-0.1, -0.05) is 35.5 Å². The Bertz CT molecular complexity index is 1040. The van der Waals surface area contributed by atoms with Gasteiger partial charge in [0.15, 0.2) is 5.16 Å². The summed E-state index contributed by atoms with van der Waals surface area (Å²) in [7, 11) is 0. The van der Waals surface area contributed by atoms with E-state index < -0.39 is 5.56 Å². The van der Waals surface area contributed by atoms with Crippen LogP contribution in [0.15, 0.2) is 69.0 Å². The van der Waals surface area contributed by atoms with Crippen LogP contribution in [0.3, 0.4) is 0 Å². The molecule has 0 saturated carbocycles. The second-order valence-electron chi connectivity index (χ2n) is 5.43. The van der Waals surface area contributed by atoms with Gasteiger partial charge < -0.3 is 11.1 Å². The molecule has 0 radical (unpaired) electrons. The second-order valence-corrected chi connectivity index (χ2v) is 7.66. The fraction of sp³-hybridized carbons (Fsp3) is 0.0556. The quantitative estimate of drug-likeness (QED) is 0.440. The molecule has 1 amide bonds. The third-order valence-electron chi connectivity index (χ3n) is 3.49. The topological polar surface area (TPSA) is 90.0 Å². The summed E-state index contributed by atoms with van der Waals surface area (Å²) in [6.45, 7) is 0. The lowest BCUT2D eigenvalue weighted by Gasteiger charge is -2.15. The van der Waals surface area contributed by atoms with Crippen molar-refractivity contribution >= 4 is 56.7 Å². The highest BCUT2D eigenvalue weighted by Crippen LogP contribution is 2.25. The van der Waals surface area contributed by atoms with Crippen LogP contribution in [0.25, 0.3) is 5.69 Å². The molecule has 0 spiro atoms. The number of hydrogen-bond donors (Lipinski definition) is 2. The first kappa shape index (κ1) is 19.5. The third-order valence-corrected chi connectivity index (χ3v) is 5.37. The Morgan fingerprint density at radius 1 is 1.22 bits per heavy atom. The summed E-state index contributed by atoms with van der Waals surface area (Å²) >= 11 is 10.4. The second kappa shape index (κ2) is 8.60. The molecule has 3 aromatic rings. The number of rotatable bonds is 5. The first-order chi connectivity index (χ1) is 12.9. The lowest BCUT2D eigenvalue weighted by Crippen LogP contribution is -2.19. The molecule has 0 aliphatic rings. The number of nitrogens with two attached hydrogens (primary N) is 1. The predicted molar refractivity (Wildman–Crippen MR) is 113 cm³/mol. The summed E-state index contributed by atoms with van der Waals surface area (Å²) < 4.78 is 2.39. The van der Waals surface area contributed by atoms with Crippen LogP contribution >= 0.6 is 39.3 Å². The van der Waals surface area contributed by atoms with Gasteiger partial charge in [-0.2, -0.15) is 4.98 Å². The largest absolute Gasteiger partial charge is 0.385 e. The van der Waals surface area contributed by atoms with Gasteiger partial charge in [0.2, 0.25) is 5.91 Å². The van der Waals surface area contributed by atoms with Gasteiger partial charge in [-0.05, 0) is 52.3 Å². The molecule has 1 aromatic heterocycles. The fourth-order valence-corrected chi connectivity index (χ4v) is 3.64. The van der Waals surface area contributed by atoms with Gasteiger partial charge in [-0.25, -0.2) is 0 Å². The van der Waals surface area contributed by atoms with E-state index in [9.17, 15) is 9.59 Å². The van der Waals surface area contributed by atoms with E-state index in [0.29, 0.717) is 21.6 Å². The molecule has 0 fully saturated rings. The van der Waals surface area contributed by atoms with Gasteiger partial charge in [0, 0.05) is 21.2 Å². The molecule has 138 valence electrons. The van der Waals surface area contributed by atoms with Crippen molar-refractivity contribution in [3.8, 4) is 5.69 Å². The number of amides is 1. The van der Waals surface area contributed by atoms with E-state index in [1.165, 1.54) is 6.07 Å². The molecule has 9 heteroatoms. The Balaban J connectivity index is 1.82. The highest BCUT2D eigenvalue weighted by Gasteiger charge is 2.13. The van der Waals surface area contributed by atoms with Crippen LogP contribution in [0.5, 0.6) is 0 Å². The van der Waals surface area contributed by atoms with Gasteiger partial charge in [-0.15, -0.1) is 0 Å². The number of anilines is 2. The number of nitrogens with zero attached hydrogens (tertiary/aromatic N) is 2. The number of hydrogen-bond acceptors (Lipinski definition) is 5. The lowest BCUT2D eigenvalue weighted by molar-refractivity contribution is -0.113. The van der Waals surface area contributed by atoms with Gasteiger partial charge >= 0.3 is 0 Å². The number of carbonyl (C=O) groups is 1. The van der Waals surface area contributed by atoms with Crippen LogP contribution in [-0.4, -0.2) is 21.2 Å². The summed E-state index contributed by atoms with van der Waals surface area (Å²) in [6, 6.07) is 15.5. The number of nitrogen functional groups attached to an aromatic ring is 1. The predicted octanol–water partition coefficient (Wildman–Crippen LogP) is 3.96. The average Bonchev–Trinajstić information content (AvgIpc) is 2.63. The molecule has 0 bridgehead atoms. The van der Waals surface area contributed by atoms with E-state index in [1.54, 1.807) is 34.9 Å². The Morgan fingerprint density at radius 2 is 1.93 bits per heavy atom. The Labute approximate surface area is 172 Å². The van der Waals surface area contributed by atoms with E-state index in [-0.39, 0.29) is 17.5 Å². The molecule has 2 aromatic carbocycles. The fourth-order valence-electron chi connectivity index (χ4n) is 2.30. The summed E-state index contributed by atoms with van der Waals surface area (Å²) in [4.78, 5) is 28.1. The maximum Gasteiger partial charge on any atom is 0.275 e. The van der Waals surface area contributed by atoms with Crippen LogP contribution in [0.2, 0.25) is 5.02 Å². The third kappa shape index (κ3) is 4.91. The number of halogens is 2. The molecule has 0 atom stereocenters. The normalized spacial score (nSPS) is 10.6. The van der Waals surface area contributed by atoms with Crippen molar-refractivity contribution in [2.24, 2.45) is 0 Å². The van der Waals surface area contributed by atoms with Crippen molar-refractivity contribution in [2.45, 2.75) is 5.16 Å². The zero-order valence-electron chi connectivity index (χ0n) is 13.9. The van der Waals surface area contributed by atoms with Crippen LogP contribution < -0.4 is 16.6 Å². The first-order valence-corrected chi connectivity index (χ1v) is 9.92. The highest BCUT2D eigenvalue weighted by molar-refractivity contribution is 9.10. The molecule has 0 aliphatic heterocycles. The van der Waals surface area contributed by atoms with E-state index in [1.807, 2.05) is 18.2 Å². The molecule has 0 unspecified atom stereocenters. The van der Waals surface area contributed by atoms with Crippen molar-refractivity contribution in [3.63, 3.8) is 0 Å². The zero-order chi connectivity index (χ0) is 19.4. The average molecular weight is 466 g/mol. The Morgan fingerprint density at radius 3 is 2.63 bits per heavy atom. The van der Waals surface area contributed by atoms with Gasteiger partial charge in [0.1, 0.15) is 5.82 Å². The minimum atomic E-state index is -0.466. The number of para-hydroxylation sites is 1. The molecule has 6 nitrogen and oxygen atoms in total. The number of nitrogens with one attached hydrogen (secondary N) is 1. The molecule has 27 heavy (non-hydrogen) atoms. The molecular formula is C18H14BrClN4O2S. The monoisotopic (exact) mass is 464 g/mol. The molecule has 3 rings (SSSR count). The molecule has 0 saturated heterocycles. The summed E-state index contributed by atoms with van der Waals surface area (Å²) in [6.07, 6.45) is 0. The van der Waals surface area contributed by atoms with Crippen LogP contribution in [0.4, 0.5) is 11.5 Å². The number of aromatic nitrogens is 2. The summed E-state index contributed by atoms with van der Waals surface area (Å²) in [5, 5.41) is 3.71. The van der Waals surface area contributed by atoms with E-state index in [0.717, 1.165) is 16.2 Å². The minimum Gasteiger partial charge on any atom is -0.385 e. The minimum absolute atomic E-state index is 0.0603. The van der Waals surface area contributed by atoms with E-state index in [2.05, 4.69) is 26.2 Å². The maximum atomic E-state index is 12.3. The smallest absolute Gasteiger partial charge is 0.275 e. The van der Waals surface area contributed by atoms with Crippen molar-refractivity contribution in [1.29, 1.82) is 0 Å². The highest BCUT2D eigenvalue weighted by atomic mass is 79.9. The van der Waals surface area contributed by atoms with Crippen molar-refractivity contribution in [1.82, 2.24) is 9.55 Å². The summed E-state index contributed by atoms with van der Waals surface area (Å²) in [5.41, 5.74) is 6.90. The van der Waals surface area contributed by atoms with E-state index in [4.69, 9.17) is 17.3 Å². The van der Waals surface area contributed by atoms with Crippen LogP contribution in [-0.2, 0) is 4.79 Å². The van der Waals surface area contributed by atoms with Crippen molar-refractivity contribution in [3.05, 3.63) is 74.4 Å².